The molecule has 3 nitrogen and oxygen atoms in total. The van der Waals surface area contributed by atoms with Gasteiger partial charge in [0, 0.05) is 39.9 Å². The maximum Gasteiger partial charge on any atom is 0.155 e. The minimum atomic E-state index is -0.549. The Kier molecular flexibility index (Phi) is 3.89. The van der Waals surface area contributed by atoms with Crippen LogP contribution in [-0.4, -0.2) is 18.4 Å². The van der Waals surface area contributed by atoms with Crippen molar-refractivity contribution in [1.82, 2.24) is 0 Å². The van der Waals surface area contributed by atoms with Gasteiger partial charge in [-0.3, -0.25) is 4.79 Å². The molecular formula is C16H14Cl2N2O. The second-order valence-electron chi connectivity index (χ2n) is 5.08. The van der Waals surface area contributed by atoms with E-state index in [1.807, 2.05) is 41.3 Å². The minimum Gasteiger partial charge on any atom is -0.339 e. The number of carbonyl (C=O) groups excluding carboxylic acids is 1. The first-order valence-electron chi connectivity index (χ1n) is 6.65. The summed E-state index contributed by atoms with van der Waals surface area (Å²) in [6.07, 6.45) is 0.257. The van der Waals surface area contributed by atoms with Crippen molar-refractivity contribution in [2.24, 2.45) is 5.73 Å². The van der Waals surface area contributed by atoms with Crippen LogP contribution in [0.5, 0.6) is 0 Å². The van der Waals surface area contributed by atoms with Gasteiger partial charge in [0.05, 0.1) is 6.04 Å². The lowest BCUT2D eigenvalue weighted by Crippen LogP contribution is -2.39. The normalized spacial score (nSPS) is 18.3. The molecule has 0 saturated carbocycles. The average Bonchev–Trinajstić information content (AvgIpc) is 2.58. The summed E-state index contributed by atoms with van der Waals surface area (Å²) < 4.78 is 0. The van der Waals surface area contributed by atoms with E-state index in [4.69, 9.17) is 28.9 Å². The van der Waals surface area contributed by atoms with Crippen LogP contribution in [0.15, 0.2) is 42.5 Å². The molecule has 21 heavy (non-hydrogen) atoms. The maximum absolute atomic E-state index is 12.1. The highest BCUT2D eigenvalue weighted by Crippen LogP contribution is 2.36. The Morgan fingerprint density at radius 3 is 2.67 bits per heavy atom. The largest absolute Gasteiger partial charge is 0.339 e. The van der Waals surface area contributed by atoms with Crippen LogP contribution in [0, 0.1) is 0 Å². The van der Waals surface area contributed by atoms with Crippen molar-refractivity contribution >= 4 is 40.4 Å². The predicted molar refractivity (Wildman–Crippen MR) is 86.6 cm³/mol. The molecule has 0 spiro atoms. The molecule has 1 atom stereocenters. The number of benzene rings is 2. The molecule has 1 aliphatic heterocycles. The fourth-order valence-electron chi connectivity index (χ4n) is 2.57. The van der Waals surface area contributed by atoms with Gasteiger partial charge in [-0.25, -0.2) is 0 Å². The van der Waals surface area contributed by atoms with Gasteiger partial charge in [-0.05, 0) is 30.3 Å². The molecule has 0 unspecified atom stereocenters. The zero-order valence-electron chi connectivity index (χ0n) is 11.2. The van der Waals surface area contributed by atoms with E-state index in [1.165, 1.54) is 0 Å². The van der Waals surface area contributed by atoms with Gasteiger partial charge in [-0.15, -0.1) is 0 Å². The lowest BCUT2D eigenvalue weighted by atomic mass is 10.1. The first-order valence-corrected chi connectivity index (χ1v) is 7.40. The van der Waals surface area contributed by atoms with Crippen molar-refractivity contribution in [3.63, 3.8) is 0 Å². The summed E-state index contributed by atoms with van der Waals surface area (Å²) in [5.74, 6) is -0.00567. The Balaban J connectivity index is 2.16. The summed E-state index contributed by atoms with van der Waals surface area (Å²) in [6, 6.07) is 12.6. The Labute approximate surface area is 133 Å². The van der Waals surface area contributed by atoms with Crippen LogP contribution in [0.2, 0.25) is 10.0 Å². The fraction of sp³-hybridized carbons (Fsp3) is 0.188. The number of carbonyl (C=O) groups is 1. The number of nitrogens with two attached hydrogens (primary N) is 1. The number of fused-ring (bicyclic) bond motifs is 1. The summed E-state index contributed by atoms with van der Waals surface area (Å²) in [5, 5.41) is 1.22. The molecular weight excluding hydrogens is 307 g/mol. The van der Waals surface area contributed by atoms with Crippen molar-refractivity contribution in [1.29, 1.82) is 0 Å². The SMILES string of the molecule is N[C@H]1CN(c2cccc(Cl)c2)c2cccc(Cl)c2CC1=O. The fourth-order valence-corrected chi connectivity index (χ4v) is 2.99. The van der Waals surface area contributed by atoms with Gasteiger partial charge in [0.15, 0.2) is 5.78 Å². The Morgan fingerprint density at radius 1 is 1.14 bits per heavy atom. The zero-order valence-corrected chi connectivity index (χ0v) is 12.7. The van der Waals surface area contributed by atoms with Crippen molar-refractivity contribution in [3.05, 3.63) is 58.1 Å². The van der Waals surface area contributed by atoms with Gasteiger partial charge < -0.3 is 10.6 Å². The van der Waals surface area contributed by atoms with E-state index in [1.54, 1.807) is 6.07 Å². The third kappa shape index (κ3) is 2.77. The van der Waals surface area contributed by atoms with Gasteiger partial charge in [-0.1, -0.05) is 35.3 Å². The molecule has 0 bridgehead atoms. The third-order valence-corrected chi connectivity index (χ3v) is 4.24. The monoisotopic (exact) mass is 320 g/mol. The van der Waals surface area contributed by atoms with Crippen LogP contribution in [0.3, 0.4) is 0 Å². The number of hydrogen-bond acceptors (Lipinski definition) is 3. The molecule has 0 aliphatic carbocycles. The number of anilines is 2. The van der Waals surface area contributed by atoms with Gasteiger partial charge in [-0.2, -0.15) is 0 Å². The van der Waals surface area contributed by atoms with E-state index < -0.39 is 6.04 Å². The molecule has 1 heterocycles. The molecule has 0 fully saturated rings. The number of rotatable bonds is 1. The smallest absolute Gasteiger partial charge is 0.155 e. The van der Waals surface area contributed by atoms with E-state index in [-0.39, 0.29) is 12.2 Å². The summed E-state index contributed by atoms with van der Waals surface area (Å²) in [4.78, 5) is 14.1. The lowest BCUT2D eigenvalue weighted by molar-refractivity contribution is -0.119. The lowest BCUT2D eigenvalue weighted by Gasteiger charge is -2.26. The standard InChI is InChI=1S/C16H14Cl2N2O/c17-10-3-1-4-11(7-10)20-9-14(19)16(21)8-12-13(18)5-2-6-15(12)20/h1-7,14H,8-9,19H2/t14-/m0/s1. The van der Waals surface area contributed by atoms with E-state index in [2.05, 4.69) is 0 Å². The topological polar surface area (TPSA) is 46.3 Å². The van der Waals surface area contributed by atoms with Gasteiger partial charge in [0.25, 0.3) is 0 Å². The molecule has 3 rings (SSSR count). The molecule has 1 aliphatic rings. The van der Waals surface area contributed by atoms with Crippen molar-refractivity contribution in [2.45, 2.75) is 12.5 Å². The molecule has 5 heteroatoms. The Hall–Kier alpha value is -1.55. The van der Waals surface area contributed by atoms with Crippen molar-refractivity contribution < 1.29 is 4.79 Å². The Morgan fingerprint density at radius 2 is 1.90 bits per heavy atom. The van der Waals surface area contributed by atoms with Crippen LogP contribution >= 0.6 is 23.2 Å². The average molecular weight is 321 g/mol. The number of nitrogens with zero attached hydrogens (tertiary/aromatic N) is 1. The number of halogens is 2. The van der Waals surface area contributed by atoms with Gasteiger partial charge in [0.2, 0.25) is 0 Å². The maximum atomic E-state index is 12.1. The first kappa shape index (κ1) is 14.4. The van der Waals surface area contributed by atoms with Crippen molar-refractivity contribution in [2.75, 3.05) is 11.4 Å². The summed E-state index contributed by atoms with van der Waals surface area (Å²) in [6.45, 7) is 0.409. The van der Waals surface area contributed by atoms with Crippen LogP contribution in [0.4, 0.5) is 11.4 Å². The summed E-state index contributed by atoms with van der Waals surface area (Å²) in [5.41, 5.74) is 8.63. The molecule has 0 radical (unpaired) electrons. The summed E-state index contributed by atoms with van der Waals surface area (Å²) in [7, 11) is 0. The van der Waals surface area contributed by atoms with E-state index >= 15 is 0 Å². The highest BCUT2D eigenvalue weighted by molar-refractivity contribution is 6.32. The molecule has 2 N–H and O–H groups in total. The number of hydrogen-bond donors (Lipinski definition) is 1. The first-order chi connectivity index (χ1) is 10.1. The van der Waals surface area contributed by atoms with Crippen LogP contribution < -0.4 is 10.6 Å². The van der Waals surface area contributed by atoms with E-state index in [0.29, 0.717) is 16.6 Å². The summed E-state index contributed by atoms with van der Waals surface area (Å²) >= 11 is 12.3. The molecule has 2 aromatic carbocycles. The Bertz CT molecular complexity index is 702. The van der Waals surface area contributed by atoms with E-state index in [0.717, 1.165) is 16.9 Å². The number of Topliss-reactive ketones (excluding diaryl/α,β-unsaturated/α-hetero) is 1. The van der Waals surface area contributed by atoms with E-state index in [9.17, 15) is 4.79 Å². The highest BCUT2D eigenvalue weighted by atomic mass is 35.5. The van der Waals surface area contributed by atoms with Crippen molar-refractivity contribution in [3.8, 4) is 0 Å². The quantitative estimate of drug-likeness (QED) is 0.873. The van der Waals surface area contributed by atoms with Gasteiger partial charge >= 0.3 is 0 Å². The number of ketones is 1. The molecule has 0 aromatic heterocycles. The molecule has 108 valence electrons. The van der Waals surface area contributed by atoms with Crippen LogP contribution in [0.1, 0.15) is 5.56 Å². The zero-order chi connectivity index (χ0) is 15.0. The van der Waals surface area contributed by atoms with Crippen LogP contribution in [-0.2, 0) is 11.2 Å². The van der Waals surface area contributed by atoms with Gasteiger partial charge in [0.1, 0.15) is 0 Å². The molecule has 0 amide bonds. The third-order valence-electron chi connectivity index (χ3n) is 3.65. The molecule has 2 aromatic rings. The van der Waals surface area contributed by atoms with Crippen LogP contribution in [0.25, 0.3) is 0 Å². The second kappa shape index (κ2) is 5.68. The second-order valence-corrected chi connectivity index (χ2v) is 5.92. The molecule has 0 saturated heterocycles. The minimum absolute atomic E-state index is 0.00567. The highest BCUT2D eigenvalue weighted by Gasteiger charge is 2.27. The predicted octanol–water partition coefficient (Wildman–Crippen LogP) is 3.58.